The number of carboxylic acids is 2. The van der Waals surface area contributed by atoms with Crippen LogP contribution in [0.25, 0.3) is 0 Å². The monoisotopic (exact) mass is 412 g/mol. The number of hydrogen-bond acceptors (Lipinski definition) is 2. The van der Waals surface area contributed by atoms with E-state index in [4.69, 9.17) is 0 Å². The van der Waals surface area contributed by atoms with Gasteiger partial charge >= 0.3 is 92.9 Å². The molecule has 0 heterocycles. The second kappa shape index (κ2) is 17.6. The first-order chi connectivity index (χ1) is 12.1. The summed E-state index contributed by atoms with van der Waals surface area (Å²) in [4.78, 5) is 23.5. The van der Waals surface area contributed by atoms with Gasteiger partial charge in [-0.2, -0.15) is 0 Å². The molecule has 6 heteroatoms. The van der Waals surface area contributed by atoms with Crippen LogP contribution in [-0.4, -0.2) is 103 Å². The summed E-state index contributed by atoms with van der Waals surface area (Å²) >= 11 is 0. The van der Waals surface area contributed by atoms with Crippen LogP contribution in [0.4, 0.5) is 0 Å². The number of benzene rings is 1. The maximum absolute atomic E-state index is 11.8. The zero-order valence-electron chi connectivity index (χ0n) is 15.4. The summed E-state index contributed by atoms with van der Waals surface area (Å²) in [6.45, 7) is 2.21. The van der Waals surface area contributed by atoms with E-state index in [2.05, 4.69) is 6.92 Å². The third-order valence-electron chi connectivity index (χ3n) is 4.90. The van der Waals surface area contributed by atoms with Crippen molar-refractivity contribution in [2.24, 2.45) is 0 Å². The molecule has 0 aliphatic carbocycles. The molecular weight excluding hydrogens is 378 g/mol. The molecule has 0 spiro atoms. The summed E-state index contributed by atoms with van der Waals surface area (Å²) < 4.78 is 0. The molecule has 144 valence electrons. The average molecular weight is 413 g/mol. The summed E-state index contributed by atoms with van der Waals surface area (Å²) in [6, 6.07) is 8.33. The molecule has 0 saturated carbocycles. The van der Waals surface area contributed by atoms with E-state index in [1.165, 1.54) is 38.5 Å². The van der Waals surface area contributed by atoms with Crippen molar-refractivity contribution < 1.29 is 19.8 Å². The summed E-state index contributed by atoms with van der Waals surface area (Å²) in [6.07, 6.45) is 11.5. The summed E-state index contributed by atoms with van der Waals surface area (Å²) in [5.74, 6) is -2.55. The SMILES string of the molecule is CCCCCCCCCCCCC(C(=O)O)(C(=O)O)c1ccccc1.[KH].[NaH]. The summed E-state index contributed by atoms with van der Waals surface area (Å²) in [7, 11) is 0. The Kier molecular flexibility index (Phi) is 19.6. The van der Waals surface area contributed by atoms with E-state index in [-0.39, 0.29) is 87.4 Å². The molecule has 0 unspecified atom stereocenters. The second-order valence-corrected chi connectivity index (χ2v) is 6.81. The summed E-state index contributed by atoms with van der Waals surface area (Å²) in [5.41, 5.74) is -1.48. The summed E-state index contributed by atoms with van der Waals surface area (Å²) in [5, 5.41) is 19.2. The first-order valence-electron chi connectivity index (χ1n) is 9.58. The fourth-order valence-electron chi connectivity index (χ4n) is 3.30. The van der Waals surface area contributed by atoms with Gasteiger partial charge in [-0.3, -0.25) is 9.59 Å². The number of unbranched alkanes of at least 4 members (excludes halogenated alkanes) is 9. The normalized spacial score (nSPS) is 10.6. The Bertz CT molecular complexity index is 508. The van der Waals surface area contributed by atoms with Gasteiger partial charge in [0.1, 0.15) is 0 Å². The number of carbonyl (C=O) groups is 2. The van der Waals surface area contributed by atoms with E-state index >= 15 is 0 Å². The van der Waals surface area contributed by atoms with E-state index in [0.717, 1.165) is 19.3 Å². The third-order valence-corrected chi connectivity index (χ3v) is 4.90. The molecule has 0 aromatic heterocycles. The van der Waals surface area contributed by atoms with Crippen molar-refractivity contribution in [2.75, 3.05) is 0 Å². The van der Waals surface area contributed by atoms with Crippen LogP contribution in [0.1, 0.15) is 83.1 Å². The van der Waals surface area contributed by atoms with Crippen molar-refractivity contribution in [1.29, 1.82) is 0 Å². The Labute approximate surface area is 228 Å². The molecular formula is C21H34KNaO4. The molecule has 4 nitrogen and oxygen atoms in total. The molecule has 2 N–H and O–H groups in total. The molecule has 0 aliphatic rings. The maximum atomic E-state index is 11.8. The van der Waals surface area contributed by atoms with Crippen molar-refractivity contribution in [3.05, 3.63) is 35.9 Å². The van der Waals surface area contributed by atoms with Crippen LogP contribution in [0.15, 0.2) is 30.3 Å². The van der Waals surface area contributed by atoms with Gasteiger partial charge in [0.05, 0.1) is 0 Å². The van der Waals surface area contributed by atoms with E-state index in [1.54, 1.807) is 30.3 Å². The van der Waals surface area contributed by atoms with Crippen molar-refractivity contribution in [2.45, 2.75) is 83.0 Å². The molecule has 0 aliphatic heterocycles. The van der Waals surface area contributed by atoms with Gasteiger partial charge in [0.15, 0.2) is 5.41 Å². The second-order valence-electron chi connectivity index (χ2n) is 6.81. The fraction of sp³-hybridized carbons (Fsp3) is 0.619. The van der Waals surface area contributed by atoms with Crippen LogP contribution in [0.2, 0.25) is 0 Å². The van der Waals surface area contributed by atoms with Crippen molar-refractivity contribution >= 4 is 92.9 Å². The minimum atomic E-state index is -1.83. The number of rotatable bonds is 14. The predicted octanol–water partition coefficient (Wildman–Crippen LogP) is 4.11. The van der Waals surface area contributed by atoms with E-state index in [9.17, 15) is 19.8 Å². The van der Waals surface area contributed by atoms with Gasteiger partial charge in [0, 0.05) is 0 Å². The Morgan fingerprint density at radius 3 is 1.59 bits per heavy atom. The standard InChI is InChI=1S/C21H32O4.K.Na.2H/c1-2-3-4-5-6-7-8-9-10-14-17-21(19(22)23,20(24)25)18-15-12-11-13-16-18;;;;/h11-13,15-16H,2-10,14,17H2,1H3,(H,22,23)(H,24,25);;;;. The molecule has 1 aromatic carbocycles. The predicted molar refractivity (Wildman–Crippen MR) is 114 cm³/mol. The van der Waals surface area contributed by atoms with Gasteiger partial charge in [0.25, 0.3) is 0 Å². The Morgan fingerprint density at radius 1 is 0.778 bits per heavy atom. The molecule has 0 atom stereocenters. The molecule has 0 bridgehead atoms. The van der Waals surface area contributed by atoms with E-state index in [0.29, 0.717) is 12.0 Å². The van der Waals surface area contributed by atoms with Crippen LogP contribution in [-0.2, 0) is 15.0 Å². The first-order valence-corrected chi connectivity index (χ1v) is 9.58. The van der Waals surface area contributed by atoms with Crippen molar-refractivity contribution in [3.8, 4) is 0 Å². The van der Waals surface area contributed by atoms with E-state index < -0.39 is 17.4 Å². The number of hydrogen-bond donors (Lipinski definition) is 2. The van der Waals surface area contributed by atoms with Gasteiger partial charge in [-0.1, -0.05) is 101 Å². The topological polar surface area (TPSA) is 74.6 Å². The van der Waals surface area contributed by atoms with Gasteiger partial charge in [-0.05, 0) is 12.0 Å². The van der Waals surface area contributed by atoms with Gasteiger partial charge < -0.3 is 10.2 Å². The Hall–Kier alpha value is 0.796. The molecule has 0 radical (unpaired) electrons. The van der Waals surface area contributed by atoms with Gasteiger partial charge in [-0.15, -0.1) is 0 Å². The first kappa shape index (κ1) is 30.0. The minimum absolute atomic E-state index is 0. The molecule has 0 saturated heterocycles. The molecule has 1 aromatic rings. The van der Waals surface area contributed by atoms with Crippen molar-refractivity contribution in [1.82, 2.24) is 0 Å². The van der Waals surface area contributed by atoms with Crippen molar-refractivity contribution in [3.63, 3.8) is 0 Å². The van der Waals surface area contributed by atoms with Crippen LogP contribution >= 0.6 is 0 Å². The van der Waals surface area contributed by atoms with Crippen LogP contribution < -0.4 is 0 Å². The van der Waals surface area contributed by atoms with Crippen LogP contribution in [0.3, 0.4) is 0 Å². The zero-order chi connectivity index (χ0) is 18.5. The molecule has 1 rings (SSSR count). The van der Waals surface area contributed by atoms with Crippen LogP contribution in [0, 0.1) is 0 Å². The van der Waals surface area contributed by atoms with Gasteiger partial charge in [-0.25, -0.2) is 0 Å². The van der Waals surface area contributed by atoms with Crippen LogP contribution in [0.5, 0.6) is 0 Å². The van der Waals surface area contributed by atoms with Gasteiger partial charge in [0.2, 0.25) is 0 Å². The van der Waals surface area contributed by atoms with E-state index in [1.807, 2.05) is 0 Å². The Balaban J connectivity index is 0. The quantitative estimate of drug-likeness (QED) is 0.274. The number of aliphatic carboxylic acids is 2. The third kappa shape index (κ3) is 10.4. The zero-order valence-corrected chi connectivity index (χ0v) is 15.4. The molecule has 27 heavy (non-hydrogen) atoms. The molecule has 0 fully saturated rings. The fourth-order valence-corrected chi connectivity index (χ4v) is 3.30. The average Bonchev–Trinajstić information content (AvgIpc) is 2.60. The Morgan fingerprint density at radius 2 is 1.19 bits per heavy atom. The number of carboxylic acid groups (broad SMARTS) is 2. The molecule has 0 amide bonds.